The predicted octanol–water partition coefficient (Wildman–Crippen LogP) is 3.72. The van der Waals surface area contributed by atoms with E-state index in [1.807, 2.05) is 70.3 Å². The second-order valence-corrected chi connectivity index (χ2v) is 10.8. The van der Waals surface area contributed by atoms with E-state index in [0.717, 1.165) is 29.8 Å². The van der Waals surface area contributed by atoms with Crippen LogP contribution in [-0.4, -0.2) is 62.4 Å². The number of likely N-dealkylation sites (tertiary alicyclic amines) is 1. The molecule has 4 aromatic rings. The van der Waals surface area contributed by atoms with Crippen LogP contribution in [0.1, 0.15) is 37.4 Å². The van der Waals surface area contributed by atoms with E-state index in [-0.39, 0.29) is 30.0 Å². The van der Waals surface area contributed by atoms with Gasteiger partial charge in [-0.1, -0.05) is 30.3 Å². The van der Waals surface area contributed by atoms with Crippen LogP contribution < -0.4 is 10.3 Å². The zero-order chi connectivity index (χ0) is 27.7. The number of aliphatic hydroxyl groups is 1. The molecule has 0 aliphatic carbocycles. The van der Waals surface area contributed by atoms with Crippen LogP contribution in [-0.2, 0) is 16.1 Å². The number of ether oxygens (including phenoxy) is 2. The molecule has 0 radical (unpaired) electrons. The molecule has 2 atom stereocenters. The van der Waals surface area contributed by atoms with Gasteiger partial charge in [-0.25, -0.2) is 4.98 Å². The first-order chi connectivity index (χ1) is 19.5. The van der Waals surface area contributed by atoms with E-state index in [9.17, 15) is 14.7 Å². The van der Waals surface area contributed by atoms with Crippen molar-refractivity contribution in [1.82, 2.24) is 19.0 Å². The molecule has 9 nitrogen and oxygen atoms in total. The van der Waals surface area contributed by atoms with E-state index in [1.54, 1.807) is 13.2 Å². The minimum absolute atomic E-state index is 0.0794. The van der Waals surface area contributed by atoms with Crippen LogP contribution in [0, 0.1) is 5.92 Å². The molecular formula is C31H34N4O5. The highest BCUT2D eigenvalue weighted by molar-refractivity contribution is 5.80. The normalized spacial score (nSPS) is 20.9. The number of aromatic nitrogens is 3. The number of piperidine rings is 1. The Hall–Kier alpha value is -3.95. The van der Waals surface area contributed by atoms with E-state index >= 15 is 0 Å². The summed E-state index contributed by atoms with van der Waals surface area (Å²) >= 11 is 0. The van der Waals surface area contributed by atoms with Gasteiger partial charge in [0.15, 0.2) is 5.65 Å². The van der Waals surface area contributed by atoms with Crippen molar-refractivity contribution < 1.29 is 19.4 Å². The number of hydrogen-bond donors (Lipinski definition) is 1. The Morgan fingerprint density at radius 1 is 1.10 bits per heavy atom. The Morgan fingerprint density at radius 2 is 1.85 bits per heavy atom. The van der Waals surface area contributed by atoms with Crippen molar-refractivity contribution in [2.75, 3.05) is 26.8 Å². The quantitative estimate of drug-likeness (QED) is 0.399. The molecular weight excluding hydrogens is 508 g/mol. The van der Waals surface area contributed by atoms with Gasteiger partial charge in [0.2, 0.25) is 5.91 Å². The topological polar surface area (TPSA) is 98.8 Å². The van der Waals surface area contributed by atoms with Crippen molar-refractivity contribution in [3.05, 3.63) is 89.1 Å². The standard InChI is InChI=1S/C31H34N4O5/c1-39-24-11-9-23(10-12-24)35-16-13-26-28(35)32-21-34(30(26)37)20-31(38)14-17-33(18-15-31)29(36)25-8-5-19-40-27(25)22-6-3-2-4-7-22/h2-4,6-7,9-13,16,21,25,27,38H,5,8,14-15,17-20H2,1H3. The van der Waals surface area contributed by atoms with Crippen LogP contribution in [0.4, 0.5) is 0 Å². The van der Waals surface area contributed by atoms with Gasteiger partial charge < -0.3 is 24.0 Å². The number of rotatable bonds is 6. The van der Waals surface area contributed by atoms with Crippen molar-refractivity contribution in [2.24, 2.45) is 5.92 Å². The Bertz CT molecular complexity index is 1540. The first-order valence-electron chi connectivity index (χ1n) is 13.8. The second-order valence-electron chi connectivity index (χ2n) is 10.8. The highest BCUT2D eigenvalue weighted by atomic mass is 16.5. The molecule has 1 amide bonds. The maximum absolute atomic E-state index is 13.6. The zero-order valence-electron chi connectivity index (χ0n) is 22.6. The lowest BCUT2D eigenvalue weighted by atomic mass is 9.86. The average molecular weight is 543 g/mol. The molecule has 0 spiro atoms. The molecule has 4 heterocycles. The van der Waals surface area contributed by atoms with Gasteiger partial charge in [0.1, 0.15) is 12.1 Å². The van der Waals surface area contributed by atoms with Crippen molar-refractivity contribution >= 4 is 16.9 Å². The fraction of sp³-hybridized carbons (Fsp3) is 0.387. The summed E-state index contributed by atoms with van der Waals surface area (Å²) in [7, 11) is 1.62. The van der Waals surface area contributed by atoms with E-state index in [0.29, 0.717) is 43.6 Å². The van der Waals surface area contributed by atoms with Crippen LogP contribution in [0.25, 0.3) is 16.7 Å². The summed E-state index contributed by atoms with van der Waals surface area (Å²) in [5.41, 5.74) is 1.15. The summed E-state index contributed by atoms with van der Waals surface area (Å²) in [6, 6.07) is 19.2. The summed E-state index contributed by atoms with van der Waals surface area (Å²) < 4.78 is 14.6. The molecule has 2 aliphatic heterocycles. The largest absolute Gasteiger partial charge is 0.497 e. The van der Waals surface area contributed by atoms with E-state index in [1.165, 1.54) is 10.9 Å². The molecule has 9 heteroatoms. The number of nitrogens with zero attached hydrogens (tertiary/aromatic N) is 4. The zero-order valence-corrected chi connectivity index (χ0v) is 22.6. The van der Waals surface area contributed by atoms with Crippen LogP contribution in [0.2, 0.25) is 0 Å². The molecule has 40 heavy (non-hydrogen) atoms. The maximum atomic E-state index is 13.6. The number of fused-ring (bicyclic) bond motifs is 1. The molecule has 2 unspecified atom stereocenters. The van der Waals surface area contributed by atoms with Gasteiger partial charge in [-0.05, 0) is 61.6 Å². The number of carbonyl (C=O) groups excluding carboxylic acids is 1. The minimum atomic E-state index is -1.10. The molecule has 208 valence electrons. The molecule has 2 saturated heterocycles. The first-order valence-corrected chi connectivity index (χ1v) is 13.8. The molecule has 2 fully saturated rings. The highest BCUT2D eigenvalue weighted by Crippen LogP contribution is 2.36. The lowest BCUT2D eigenvalue weighted by molar-refractivity contribution is -0.149. The van der Waals surface area contributed by atoms with Crippen molar-refractivity contribution in [1.29, 1.82) is 0 Å². The average Bonchev–Trinajstić information content (AvgIpc) is 3.44. The number of hydrogen-bond acceptors (Lipinski definition) is 6. The highest BCUT2D eigenvalue weighted by Gasteiger charge is 2.40. The summed E-state index contributed by atoms with van der Waals surface area (Å²) in [5, 5.41) is 11.9. The van der Waals surface area contributed by atoms with Crippen LogP contribution >= 0.6 is 0 Å². The van der Waals surface area contributed by atoms with Crippen LogP contribution in [0.5, 0.6) is 5.75 Å². The van der Waals surface area contributed by atoms with Crippen molar-refractivity contribution in [3.63, 3.8) is 0 Å². The number of benzene rings is 2. The maximum Gasteiger partial charge on any atom is 0.262 e. The molecule has 2 aromatic carbocycles. The third-order valence-corrected chi connectivity index (χ3v) is 8.26. The van der Waals surface area contributed by atoms with Crippen molar-refractivity contribution in [3.8, 4) is 11.4 Å². The van der Waals surface area contributed by atoms with Gasteiger partial charge in [0.25, 0.3) is 5.56 Å². The SMILES string of the molecule is COc1ccc(-n2ccc3c(=O)n(CC4(O)CCN(C(=O)C5CCCOC5c5ccccc5)CC4)cnc32)cc1. The molecule has 6 rings (SSSR count). The lowest BCUT2D eigenvalue weighted by Crippen LogP contribution is -2.51. The van der Waals surface area contributed by atoms with E-state index < -0.39 is 5.60 Å². The fourth-order valence-electron chi connectivity index (χ4n) is 5.98. The monoisotopic (exact) mass is 542 g/mol. The van der Waals surface area contributed by atoms with Gasteiger partial charge in [-0.3, -0.25) is 14.2 Å². The summed E-state index contributed by atoms with van der Waals surface area (Å²) in [4.78, 5) is 33.3. The Kier molecular flexibility index (Phi) is 7.16. The number of methoxy groups -OCH3 is 1. The van der Waals surface area contributed by atoms with E-state index in [4.69, 9.17) is 9.47 Å². The third kappa shape index (κ3) is 5.02. The Morgan fingerprint density at radius 3 is 2.58 bits per heavy atom. The Labute approximate surface area is 232 Å². The van der Waals surface area contributed by atoms with Crippen LogP contribution in [0.15, 0.2) is 78.0 Å². The minimum Gasteiger partial charge on any atom is -0.497 e. The molecule has 0 saturated carbocycles. The predicted molar refractivity (Wildman–Crippen MR) is 151 cm³/mol. The molecule has 1 N–H and O–H groups in total. The lowest BCUT2D eigenvalue weighted by Gasteiger charge is -2.41. The third-order valence-electron chi connectivity index (χ3n) is 8.26. The molecule has 0 bridgehead atoms. The smallest absolute Gasteiger partial charge is 0.262 e. The Balaban J connectivity index is 1.14. The van der Waals surface area contributed by atoms with Gasteiger partial charge in [-0.15, -0.1) is 0 Å². The number of amides is 1. The van der Waals surface area contributed by atoms with Gasteiger partial charge in [0.05, 0.1) is 36.7 Å². The fourth-order valence-corrected chi connectivity index (χ4v) is 5.98. The first kappa shape index (κ1) is 26.3. The summed E-state index contributed by atoms with van der Waals surface area (Å²) in [6.45, 7) is 1.65. The number of carbonyl (C=O) groups is 1. The summed E-state index contributed by atoms with van der Waals surface area (Å²) in [6.07, 6.45) is 5.50. The van der Waals surface area contributed by atoms with Gasteiger partial charge in [0, 0.05) is 31.6 Å². The van der Waals surface area contributed by atoms with Gasteiger partial charge >= 0.3 is 0 Å². The second kappa shape index (κ2) is 10.9. The van der Waals surface area contributed by atoms with Crippen molar-refractivity contribution in [2.45, 2.75) is 43.9 Å². The molecule has 2 aromatic heterocycles. The van der Waals surface area contributed by atoms with Crippen LogP contribution in [0.3, 0.4) is 0 Å². The van der Waals surface area contributed by atoms with E-state index in [2.05, 4.69) is 4.98 Å². The molecule has 2 aliphatic rings. The summed E-state index contributed by atoms with van der Waals surface area (Å²) in [5.74, 6) is 0.599. The van der Waals surface area contributed by atoms with Gasteiger partial charge in [-0.2, -0.15) is 0 Å².